The van der Waals surface area contributed by atoms with Crippen LogP contribution in [0, 0.1) is 11.3 Å². The Morgan fingerprint density at radius 1 is 1.42 bits per heavy atom. The fraction of sp³-hybridized carbons (Fsp3) is 0.933. The van der Waals surface area contributed by atoms with Crippen molar-refractivity contribution >= 4 is 6.03 Å². The lowest BCUT2D eigenvalue weighted by Crippen LogP contribution is -2.51. The average Bonchev–Trinajstić information content (AvgIpc) is 2.27. The molecule has 2 N–H and O–H groups in total. The van der Waals surface area contributed by atoms with Crippen LogP contribution in [-0.4, -0.2) is 41.3 Å². The second-order valence-electron chi connectivity index (χ2n) is 7.06. The van der Waals surface area contributed by atoms with E-state index in [2.05, 4.69) is 33.0 Å². The van der Waals surface area contributed by atoms with Gasteiger partial charge in [-0.05, 0) is 44.4 Å². The number of urea groups is 1. The number of rotatable bonds is 4. The van der Waals surface area contributed by atoms with Crippen molar-refractivity contribution in [2.75, 3.05) is 13.1 Å². The summed E-state index contributed by atoms with van der Waals surface area (Å²) in [7, 11) is 0. The van der Waals surface area contributed by atoms with E-state index in [4.69, 9.17) is 0 Å². The lowest BCUT2D eigenvalue weighted by molar-refractivity contribution is 0.116. The summed E-state index contributed by atoms with van der Waals surface area (Å²) in [6.07, 6.45) is 2.66. The molecular formula is C15H30N2O2. The monoisotopic (exact) mass is 270 g/mol. The normalized spacial score (nSPS) is 26.1. The van der Waals surface area contributed by atoms with Crippen molar-refractivity contribution in [2.45, 2.75) is 66.0 Å². The number of carbonyl (C=O) groups is 1. The van der Waals surface area contributed by atoms with Crippen molar-refractivity contribution in [2.24, 2.45) is 11.3 Å². The zero-order valence-electron chi connectivity index (χ0n) is 13.1. The molecule has 1 rings (SSSR count). The van der Waals surface area contributed by atoms with E-state index < -0.39 is 0 Å². The van der Waals surface area contributed by atoms with Gasteiger partial charge in [-0.15, -0.1) is 0 Å². The van der Waals surface area contributed by atoms with E-state index in [9.17, 15) is 9.90 Å². The van der Waals surface area contributed by atoms with Gasteiger partial charge in [-0.25, -0.2) is 4.79 Å². The van der Waals surface area contributed by atoms with Gasteiger partial charge in [0.05, 0.1) is 6.10 Å². The van der Waals surface area contributed by atoms with Crippen molar-refractivity contribution in [3.05, 3.63) is 0 Å². The molecule has 0 spiro atoms. The third-order valence-electron chi connectivity index (χ3n) is 3.94. The maximum atomic E-state index is 12.2. The lowest BCUT2D eigenvalue weighted by Gasteiger charge is -2.37. The number of likely N-dealkylation sites (tertiary alicyclic amines) is 1. The van der Waals surface area contributed by atoms with E-state index in [1.54, 1.807) is 6.92 Å². The molecule has 0 bridgehead atoms. The largest absolute Gasteiger partial charge is 0.393 e. The molecule has 1 aliphatic heterocycles. The van der Waals surface area contributed by atoms with Gasteiger partial charge in [0.2, 0.25) is 0 Å². The van der Waals surface area contributed by atoms with Gasteiger partial charge >= 0.3 is 6.03 Å². The smallest absolute Gasteiger partial charge is 0.317 e. The van der Waals surface area contributed by atoms with Crippen LogP contribution < -0.4 is 5.32 Å². The molecule has 1 saturated heterocycles. The van der Waals surface area contributed by atoms with Crippen LogP contribution in [0.4, 0.5) is 4.79 Å². The van der Waals surface area contributed by atoms with E-state index >= 15 is 0 Å². The Hall–Kier alpha value is -0.770. The van der Waals surface area contributed by atoms with Crippen LogP contribution in [-0.2, 0) is 0 Å². The number of nitrogens with one attached hydrogen (secondary N) is 1. The molecule has 1 aliphatic rings. The maximum absolute atomic E-state index is 12.2. The summed E-state index contributed by atoms with van der Waals surface area (Å²) >= 11 is 0. The molecule has 112 valence electrons. The highest BCUT2D eigenvalue weighted by atomic mass is 16.3. The lowest BCUT2D eigenvalue weighted by atomic mass is 9.87. The van der Waals surface area contributed by atoms with E-state index in [0.717, 1.165) is 13.0 Å². The van der Waals surface area contributed by atoms with Gasteiger partial charge in [-0.3, -0.25) is 0 Å². The molecule has 4 nitrogen and oxygen atoms in total. The van der Waals surface area contributed by atoms with Gasteiger partial charge in [0.1, 0.15) is 0 Å². The van der Waals surface area contributed by atoms with Crippen molar-refractivity contribution in [3.63, 3.8) is 0 Å². The highest BCUT2D eigenvalue weighted by molar-refractivity contribution is 5.74. The van der Waals surface area contributed by atoms with Crippen LogP contribution in [0.25, 0.3) is 0 Å². The van der Waals surface area contributed by atoms with E-state index in [1.165, 1.54) is 6.42 Å². The van der Waals surface area contributed by atoms with Crippen LogP contribution in [0.5, 0.6) is 0 Å². The molecule has 1 fully saturated rings. The Balaban J connectivity index is 2.46. The van der Waals surface area contributed by atoms with Crippen LogP contribution in [0.2, 0.25) is 0 Å². The Kier molecular flexibility index (Phi) is 5.65. The van der Waals surface area contributed by atoms with Gasteiger partial charge in [0.15, 0.2) is 0 Å². The summed E-state index contributed by atoms with van der Waals surface area (Å²) in [5, 5.41) is 12.5. The minimum Gasteiger partial charge on any atom is -0.393 e. The Labute approximate surface area is 117 Å². The van der Waals surface area contributed by atoms with Crippen molar-refractivity contribution in [1.82, 2.24) is 10.2 Å². The van der Waals surface area contributed by atoms with Crippen molar-refractivity contribution < 1.29 is 9.90 Å². The first-order valence-corrected chi connectivity index (χ1v) is 7.44. The predicted molar refractivity (Wildman–Crippen MR) is 78.0 cm³/mol. The van der Waals surface area contributed by atoms with Gasteiger partial charge < -0.3 is 15.3 Å². The fourth-order valence-electron chi connectivity index (χ4n) is 2.86. The molecule has 2 amide bonds. The number of aliphatic hydroxyl groups is 1. The molecule has 0 radical (unpaired) electrons. The summed E-state index contributed by atoms with van der Waals surface area (Å²) < 4.78 is 0. The van der Waals surface area contributed by atoms with Gasteiger partial charge in [-0.2, -0.15) is 0 Å². The average molecular weight is 270 g/mol. The zero-order chi connectivity index (χ0) is 14.6. The van der Waals surface area contributed by atoms with E-state index in [-0.39, 0.29) is 17.6 Å². The summed E-state index contributed by atoms with van der Waals surface area (Å²) in [5.74, 6) is 0.590. The van der Waals surface area contributed by atoms with E-state index in [0.29, 0.717) is 24.9 Å². The Morgan fingerprint density at radius 2 is 2.05 bits per heavy atom. The molecule has 0 aromatic carbocycles. The number of nitrogens with zero attached hydrogens (tertiary/aromatic N) is 1. The second kappa shape index (κ2) is 6.60. The van der Waals surface area contributed by atoms with Crippen LogP contribution >= 0.6 is 0 Å². The highest BCUT2D eigenvalue weighted by Crippen LogP contribution is 2.23. The fourth-order valence-corrected chi connectivity index (χ4v) is 2.86. The number of hydrogen-bond donors (Lipinski definition) is 2. The summed E-state index contributed by atoms with van der Waals surface area (Å²) in [6.45, 7) is 11.7. The first kappa shape index (κ1) is 16.3. The summed E-state index contributed by atoms with van der Waals surface area (Å²) in [6, 6.07) is 0.369. The predicted octanol–water partition coefficient (Wildman–Crippen LogP) is 2.61. The van der Waals surface area contributed by atoms with Crippen molar-refractivity contribution in [3.8, 4) is 0 Å². The Bertz CT molecular complexity index is 303. The quantitative estimate of drug-likeness (QED) is 0.825. The van der Waals surface area contributed by atoms with Crippen LogP contribution in [0.1, 0.15) is 53.9 Å². The van der Waals surface area contributed by atoms with Gasteiger partial charge in [0, 0.05) is 19.1 Å². The van der Waals surface area contributed by atoms with Gasteiger partial charge in [-0.1, -0.05) is 20.8 Å². The zero-order valence-corrected chi connectivity index (χ0v) is 13.1. The minimum absolute atomic E-state index is 0.0396. The molecule has 0 aliphatic carbocycles. The third-order valence-corrected chi connectivity index (χ3v) is 3.94. The molecule has 19 heavy (non-hydrogen) atoms. The third kappa shape index (κ3) is 5.39. The number of aliphatic hydroxyl groups excluding tert-OH is 1. The highest BCUT2D eigenvalue weighted by Gasteiger charge is 2.28. The molecule has 3 atom stereocenters. The second-order valence-corrected chi connectivity index (χ2v) is 7.06. The SMILES string of the molecule is CC(O)CC(C)(C)CNC(=O)N1CC(C)CCC1C. The number of carbonyl (C=O) groups excluding carboxylic acids is 1. The molecule has 1 heterocycles. The molecule has 3 unspecified atom stereocenters. The standard InChI is InChI=1S/C15H30N2O2/c1-11-6-7-12(2)17(9-11)14(19)16-10-15(4,5)8-13(3)18/h11-13,18H,6-10H2,1-5H3,(H,16,19). The Morgan fingerprint density at radius 3 is 2.63 bits per heavy atom. The maximum Gasteiger partial charge on any atom is 0.317 e. The van der Waals surface area contributed by atoms with Crippen molar-refractivity contribution in [1.29, 1.82) is 0 Å². The van der Waals surface area contributed by atoms with Crippen LogP contribution in [0.3, 0.4) is 0 Å². The molecule has 4 heteroatoms. The number of amides is 2. The topological polar surface area (TPSA) is 52.6 Å². The summed E-state index contributed by atoms with van der Waals surface area (Å²) in [5.41, 5.74) is -0.0749. The summed E-state index contributed by atoms with van der Waals surface area (Å²) in [4.78, 5) is 14.2. The van der Waals surface area contributed by atoms with E-state index in [1.807, 2.05) is 4.90 Å². The number of piperidine rings is 1. The van der Waals surface area contributed by atoms with Gasteiger partial charge in [0.25, 0.3) is 0 Å². The first-order valence-electron chi connectivity index (χ1n) is 7.44. The first-order chi connectivity index (χ1) is 8.71. The molecule has 0 saturated carbocycles. The number of hydrogen-bond acceptors (Lipinski definition) is 2. The minimum atomic E-state index is -0.333. The molecule has 0 aromatic rings. The molecular weight excluding hydrogens is 240 g/mol. The van der Waals surface area contributed by atoms with Crippen LogP contribution in [0.15, 0.2) is 0 Å². The molecule has 0 aromatic heterocycles.